The zero-order valence-electron chi connectivity index (χ0n) is 10.3. The van der Waals surface area contributed by atoms with Gasteiger partial charge in [0.05, 0.1) is 11.7 Å². The number of urea groups is 1. The van der Waals surface area contributed by atoms with E-state index < -0.39 is 0 Å². The molecule has 17 heavy (non-hydrogen) atoms. The minimum atomic E-state index is -0.181. The van der Waals surface area contributed by atoms with Crippen LogP contribution in [0.5, 0.6) is 0 Å². The predicted molar refractivity (Wildman–Crippen MR) is 65.7 cm³/mol. The first-order valence-electron chi connectivity index (χ1n) is 5.68. The number of methoxy groups -OCH3 is 1. The van der Waals surface area contributed by atoms with Crippen molar-refractivity contribution in [2.24, 2.45) is 0 Å². The molecule has 0 aliphatic carbocycles. The first-order valence-corrected chi connectivity index (χ1v) is 5.68. The average molecular weight is 237 g/mol. The van der Waals surface area contributed by atoms with E-state index in [-0.39, 0.29) is 12.1 Å². The molecule has 5 heteroatoms. The van der Waals surface area contributed by atoms with Crippen molar-refractivity contribution in [3.8, 4) is 0 Å². The summed E-state index contributed by atoms with van der Waals surface area (Å²) in [6.07, 6.45) is 2.52. The molecule has 0 unspecified atom stereocenters. The van der Waals surface area contributed by atoms with Gasteiger partial charge in [0.2, 0.25) is 0 Å². The average Bonchev–Trinajstić information content (AvgIpc) is 2.36. The second-order valence-corrected chi connectivity index (χ2v) is 3.72. The summed E-state index contributed by atoms with van der Waals surface area (Å²) in [7, 11) is 1.64. The van der Waals surface area contributed by atoms with E-state index in [1.807, 2.05) is 25.1 Å². The number of nitrogens with zero attached hydrogens (tertiary/aromatic N) is 1. The lowest BCUT2D eigenvalue weighted by Gasteiger charge is -2.13. The van der Waals surface area contributed by atoms with E-state index in [9.17, 15) is 4.79 Å². The van der Waals surface area contributed by atoms with Gasteiger partial charge in [-0.25, -0.2) is 4.79 Å². The fourth-order valence-electron chi connectivity index (χ4n) is 1.37. The zero-order chi connectivity index (χ0) is 12.5. The third-order valence-corrected chi connectivity index (χ3v) is 2.29. The van der Waals surface area contributed by atoms with Gasteiger partial charge in [0.15, 0.2) is 0 Å². The smallest absolute Gasteiger partial charge is 0.315 e. The number of amides is 2. The standard InChI is InChI=1S/C12H19N3O2/c1-10(11-6-3-4-7-13-11)15-12(16)14-8-5-9-17-2/h3-4,6-7,10H,5,8-9H2,1-2H3,(H2,14,15,16)/t10-/m0/s1. The van der Waals surface area contributed by atoms with Crippen LogP contribution in [-0.4, -0.2) is 31.3 Å². The SMILES string of the molecule is COCCCNC(=O)N[C@@H](C)c1ccccn1. The summed E-state index contributed by atoms with van der Waals surface area (Å²) in [6, 6.07) is 5.35. The Bertz CT molecular complexity index is 330. The summed E-state index contributed by atoms with van der Waals surface area (Å²) >= 11 is 0. The van der Waals surface area contributed by atoms with Crippen LogP contribution in [0, 0.1) is 0 Å². The fraction of sp³-hybridized carbons (Fsp3) is 0.500. The van der Waals surface area contributed by atoms with Crippen molar-refractivity contribution in [3.05, 3.63) is 30.1 Å². The Kier molecular flexibility index (Phi) is 6.03. The van der Waals surface area contributed by atoms with Gasteiger partial charge in [0.1, 0.15) is 0 Å². The molecule has 0 fully saturated rings. The normalized spacial score (nSPS) is 11.9. The van der Waals surface area contributed by atoms with Crippen molar-refractivity contribution in [1.29, 1.82) is 0 Å². The molecule has 2 N–H and O–H groups in total. The molecule has 0 spiro atoms. The minimum absolute atomic E-state index is 0.0985. The number of carbonyl (C=O) groups is 1. The van der Waals surface area contributed by atoms with E-state index in [0.29, 0.717) is 13.2 Å². The van der Waals surface area contributed by atoms with Crippen molar-refractivity contribution < 1.29 is 9.53 Å². The van der Waals surface area contributed by atoms with Gasteiger partial charge in [-0.15, -0.1) is 0 Å². The van der Waals surface area contributed by atoms with Crippen molar-refractivity contribution in [3.63, 3.8) is 0 Å². The summed E-state index contributed by atoms with van der Waals surface area (Å²) in [4.78, 5) is 15.7. The summed E-state index contributed by atoms with van der Waals surface area (Å²) in [6.45, 7) is 3.15. The van der Waals surface area contributed by atoms with E-state index in [1.54, 1.807) is 13.3 Å². The topological polar surface area (TPSA) is 63.2 Å². The highest BCUT2D eigenvalue weighted by Gasteiger charge is 2.08. The maximum Gasteiger partial charge on any atom is 0.315 e. The summed E-state index contributed by atoms with van der Waals surface area (Å²) in [5.74, 6) is 0. The quantitative estimate of drug-likeness (QED) is 0.737. The van der Waals surface area contributed by atoms with Gasteiger partial charge < -0.3 is 15.4 Å². The Morgan fingerprint density at radius 1 is 1.53 bits per heavy atom. The van der Waals surface area contributed by atoms with Gasteiger partial charge in [-0.2, -0.15) is 0 Å². The van der Waals surface area contributed by atoms with Gasteiger partial charge in [-0.3, -0.25) is 4.98 Å². The molecule has 0 aliphatic rings. The molecular formula is C12H19N3O2. The van der Waals surface area contributed by atoms with Crippen LogP contribution in [0.2, 0.25) is 0 Å². The van der Waals surface area contributed by atoms with Crippen LogP contribution >= 0.6 is 0 Å². The molecule has 0 bridgehead atoms. The second-order valence-electron chi connectivity index (χ2n) is 3.72. The largest absolute Gasteiger partial charge is 0.385 e. The number of carbonyl (C=O) groups excluding carboxylic acids is 1. The Morgan fingerprint density at radius 2 is 2.35 bits per heavy atom. The van der Waals surface area contributed by atoms with Gasteiger partial charge in [0, 0.05) is 26.5 Å². The molecule has 0 aromatic carbocycles. The number of pyridine rings is 1. The number of hydrogen-bond acceptors (Lipinski definition) is 3. The van der Waals surface area contributed by atoms with Gasteiger partial charge in [-0.05, 0) is 25.5 Å². The van der Waals surface area contributed by atoms with Gasteiger partial charge in [-0.1, -0.05) is 6.07 Å². The minimum Gasteiger partial charge on any atom is -0.385 e. The number of ether oxygens (including phenoxy) is 1. The van der Waals surface area contributed by atoms with E-state index >= 15 is 0 Å². The molecular weight excluding hydrogens is 218 g/mol. The van der Waals surface area contributed by atoms with Crippen LogP contribution in [0.1, 0.15) is 25.1 Å². The highest BCUT2D eigenvalue weighted by Crippen LogP contribution is 2.06. The lowest BCUT2D eigenvalue weighted by atomic mass is 10.2. The van der Waals surface area contributed by atoms with E-state index in [2.05, 4.69) is 15.6 Å². The van der Waals surface area contributed by atoms with Crippen molar-refractivity contribution in [2.45, 2.75) is 19.4 Å². The third-order valence-electron chi connectivity index (χ3n) is 2.29. The van der Waals surface area contributed by atoms with Crippen LogP contribution in [0.15, 0.2) is 24.4 Å². The Labute approximate surface area is 102 Å². The lowest BCUT2D eigenvalue weighted by Crippen LogP contribution is -2.37. The summed E-state index contributed by atoms with van der Waals surface area (Å²) in [5, 5.41) is 5.58. The maximum atomic E-state index is 11.5. The summed E-state index contributed by atoms with van der Waals surface area (Å²) in [5.41, 5.74) is 0.847. The lowest BCUT2D eigenvalue weighted by molar-refractivity contribution is 0.193. The molecule has 94 valence electrons. The molecule has 1 heterocycles. The molecule has 1 rings (SSSR count). The van der Waals surface area contributed by atoms with Crippen LogP contribution < -0.4 is 10.6 Å². The van der Waals surface area contributed by atoms with Crippen molar-refractivity contribution >= 4 is 6.03 Å². The molecule has 0 saturated heterocycles. The third kappa shape index (κ3) is 5.31. The van der Waals surface area contributed by atoms with Crippen LogP contribution in [0.25, 0.3) is 0 Å². The van der Waals surface area contributed by atoms with Crippen molar-refractivity contribution in [1.82, 2.24) is 15.6 Å². The number of nitrogens with one attached hydrogen (secondary N) is 2. The van der Waals surface area contributed by atoms with Crippen LogP contribution in [0.3, 0.4) is 0 Å². The molecule has 0 saturated carbocycles. The molecule has 0 aliphatic heterocycles. The van der Waals surface area contributed by atoms with Gasteiger partial charge >= 0.3 is 6.03 Å². The van der Waals surface area contributed by atoms with Crippen molar-refractivity contribution in [2.75, 3.05) is 20.3 Å². The molecule has 2 amide bonds. The maximum absolute atomic E-state index is 11.5. The first-order chi connectivity index (χ1) is 8.24. The Hall–Kier alpha value is -1.62. The first kappa shape index (κ1) is 13.4. The highest BCUT2D eigenvalue weighted by atomic mass is 16.5. The highest BCUT2D eigenvalue weighted by molar-refractivity contribution is 5.74. The fourth-order valence-corrected chi connectivity index (χ4v) is 1.37. The molecule has 0 radical (unpaired) electrons. The predicted octanol–water partition coefficient (Wildman–Crippen LogP) is 1.48. The van der Waals surface area contributed by atoms with Crippen LogP contribution in [0.4, 0.5) is 4.79 Å². The Morgan fingerprint density at radius 3 is 3.00 bits per heavy atom. The number of hydrogen-bond donors (Lipinski definition) is 2. The van der Waals surface area contributed by atoms with Crippen LogP contribution in [-0.2, 0) is 4.74 Å². The number of aromatic nitrogens is 1. The van der Waals surface area contributed by atoms with E-state index in [4.69, 9.17) is 4.74 Å². The molecule has 1 aromatic heterocycles. The molecule has 1 atom stereocenters. The van der Waals surface area contributed by atoms with Gasteiger partial charge in [0.25, 0.3) is 0 Å². The molecule has 1 aromatic rings. The molecule has 5 nitrogen and oxygen atoms in total. The van der Waals surface area contributed by atoms with E-state index in [1.165, 1.54) is 0 Å². The number of rotatable bonds is 6. The summed E-state index contributed by atoms with van der Waals surface area (Å²) < 4.78 is 4.89. The van der Waals surface area contributed by atoms with E-state index in [0.717, 1.165) is 12.1 Å². The second kappa shape index (κ2) is 7.62. The Balaban J connectivity index is 2.26. The monoisotopic (exact) mass is 237 g/mol. The zero-order valence-corrected chi connectivity index (χ0v) is 10.3.